The zero-order valence-corrected chi connectivity index (χ0v) is 12.8. The minimum Gasteiger partial charge on any atom is -0.392 e. The summed E-state index contributed by atoms with van der Waals surface area (Å²) in [6.07, 6.45) is 3.02. The van der Waals surface area contributed by atoms with Crippen LogP contribution in [0.5, 0.6) is 0 Å². The van der Waals surface area contributed by atoms with Crippen LogP contribution < -0.4 is 0 Å². The summed E-state index contributed by atoms with van der Waals surface area (Å²) in [6.45, 7) is 4.41. The molecule has 1 fully saturated rings. The molecule has 4 nitrogen and oxygen atoms in total. The number of benzene rings is 1. The van der Waals surface area contributed by atoms with Crippen molar-refractivity contribution in [2.75, 3.05) is 13.1 Å². The van der Waals surface area contributed by atoms with Crippen LogP contribution in [-0.4, -0.2) is 39.0 Å². The first kappa shape index (κ1) is 15.2. The van der Waals surface area contributed by atoms with Gasteiger partial charge in [0.05, 0.1) is 6.10 Å². The second-order valence-corrected chi connectivity index (χ2v) is 5.84. The van der Waals surface area contributed by atoms with E-state index >= 15 is 0 Å². The van der Waals surface area contributed by atoms with E-state index in [-0.39, 0.29) is 18.0 Å². The number of aliphatic hydroxyl groups is 1. The van der Waals surface area contributed by atoms with E-state index in [4.69, 9.17) is 0 Å². The number of hydrogen-bond acceptors (Lipinski definition) is 3. The SMILES string of the molecule is CCn1nccc1CCN1C[C@@H](O)C[C@H]1c1cccc(F)c1. The third-order valence-electron chi connectivity index (χ3n) is 4.37. The molecule has 118 valence electrons. The Kier molecular flexibility index (Phi) is 4.55. The average molecular weight is 303 g/mol. The van der Waals surface area contributed by atoms with Crippen molar-refractivity contribution in [2.24, 2.45) is 0 Å². The Morgan fingerprint density at radius 3 is 3.00 bits per heavy atom. The lowest BCUT2D eigenvalue weighted by molar-refractivity contribution is 0.175. The number of hydrogen-bond donors (Lipinski definition) is 1. The largest absolute Gasteiger partial charge is 0.392 e. The van der Waals surface area contributed by atoms with E-state index < -0.39 is 0 Å². The first-order valence-electron chi connectivity index (χ1n) is 7.85. The molecule has 1 N–H and O–H groups in total. The lowest BCUT2D eigenvalue weighted by atomic mass is 10.0. The fourth-order valence-electron chi connectivity index (χ4n) is 3.30. The van der Waals surface area contributed by atoms with Gasteiger partial charge in [-0.25, -0.2) is 4.39 Å². The summed E-state index contributed by atoms with van der Waals surface area (Å²) in [6, 6.07) is 8.83. The van der Waals surface area contributed by atoms with Crippen LogP contribution in [0.15, 0.2) is 36.5 Å². The van der Waals surface area contributed by atoms with Crippen molar-refractivity contribution < 1.29 is 9.50 Å². The van der Waals surface area contributed by atoms with E-state index in [1.54, 1.807) is 12.1 Å². The zero-order valence-electron chi connectivity index (χ0n) is 12.8. The molecule has 0 unspecified atom stereocenters. The van der Waals surface area contributed by atoms with Gasteiger partial charge in [-0.3, -0.25) is 9.58 Å². The molecule has 1 aliphatic rings. The highest BCUT2D eigenvalue weighted by Gasteiger charge is 2.31. The summed E-state index contributed by atoms with van der Waals surface area (Å²) in [5.74, 6) is -0.220. The summed E-state index contributed by atoms with van der Waals surface area (Å²) < 4.78 is 15.4. The van der Waals surface area contributed by atoms with Crippen molar-refractivity contribution in [2.45, 2.75) is 38.5 Å². The molecule has 1 aliphatic heterocycles. The highest BCUT2D eigenvalue weighted by atomic mass is 19.1. The van der Waals surface area contributed by atoms with Gasteiger partial charge in [0.15, 0.2) is 0 Å². The number of likely N-dealkylation sites (tertiary alicyclic amines) is 1. The van der Waals surface area contributed by atoms with Crippen LogP contribution in [0.1, 0.15) is 30.6 Å². The summed E-state index contributed by atoms with van der Waals surface area (Å²) in [7, 11) is 0. The van der Waals surface area contributed by atoms with Gasteiger partial charge in [-0.05, 0) is 37.1 Å². The van der Waals surface area contributed by atoms with Crippen LogP contribution in [0.25, 0.3) is 0 Å². The second-order valence-electron chi connectivity index (χ2n) is 5.84. The number of halogens is 1. The minimum absolute atomic E-state index is 0.0868. The fraction of sp³-hybridized carbons (Fsp3) is 0.471. The Hall–Kier alpha value is -1.72. The third kappa shape index (κ3) is 3.20. The number of aromatic nitrogens is 2. The van der Waals surface area contributed by atoms with Gasteiger partial charge in [-0.1, -0.05) is 12.1 Å². The molecular weight excluding hydrogens is 281 g/mol. The lowest BCUT2D eigenvalue weighted by Crippen LogP contribution is -2.27. The molecule has 0 spiro atoms. The highest BCUT2D eigenvalue weighted by molar-refractivity contribution is 5.22. The van der Waals surface area contributed by atoms with E-state index in [1.165, 1.54) is 11.8 Å². The van der Waals surface area contributed by atoms with Crippen molar-refractivity contribution in [1.29, 1.82) is 0 Å². The van der Waals surface area contributed by atoms with Crippen LogP contribution in [0.2, 0.25) is 0 Å². The molecule has 1 saturated heterocycles. The molecule has 0 saturated carbocycles. The van der Waals surface area contributed by atoms with Gasteiger partial charge >= 0.3 is 0 Å². The Balaban J connectivity index is 1.71. The minimum atomic E-state index is -0.343. The van der Waals surface area contributed by atoms with Crippen molar-refractivity contribution in [1.82, 2.24) is 14.7 Å². The topological polar surface area (TPSA) is 41.3 Å². The van der Waals surface area contributed by atoms with Gasteiger partial charge < -0.3 is 5.11 Å². The van der Waals surface area contributed by atoms with Gasteiger partial charge in [-0.15, -0.1) is 0 Å². The number of aliphatic hydroxyl groups excluding tert-OH is 1. The van der Waals surface area contributed by atoms with Crippen LogP contribution in [0.3, 0.4) is 0 Å². The Bertz CT molecular complexity index is 628. The van der Waals surface area contributed by atoms with Crippen LogP contribution in [0.4, 0.5) is 4.39 Å². The first-order valence-corrected chi connectivity index (χ1v) is 7.85. The molecule has 2 atom stereocenters. The Labute approximate surface area is 130 Å². The number of nitrogens with zero attached hydrogens (tertiary/aromatic N) is 3. The molecule has 0 radical (unpaired) electrons. The molecule has 0 aliphatic carbocycles. The normalized spacial score (nSPS) is 22.3. The van der Waals surface area contributed by atoms with Crippen LogP contribution >= 0.6 is 0 Å². The van der Waals surface area contributed by atoms with Gasteiger partial charge in [0.25, 0.3) is 0 Å². The maximum atomic E-state index is 13.5. The van der Waals surface area contributed by atoms with Crippen molar-refractivity contribution in [3.63, 3.8) is 0 Å². The fourth-order valence-corrected chi connectivity index (χ4v) is 3.30. The molecule has 0 bridgehead atoms. The lowest BCUT2D eigenvalue weighted by Gasteiger charge is -2.24. The van der Waals surface area contributed by atoms with Gasteiger partial charge in [0.2, 0.25) is 0 Å². The predicted octanol–water partition coefficient (Wildman–Crippen LogP) is 2.39. The second kappa shape index (κ2) is 6.58. The Morgan fingerprint density at radius 1 is 1.36 bits per heavy atom. The molecule has 2 aromatic rings. The van der Waals surface area contributed by atoms with Crippen LogP contribution in [-0.2, 0) is 13.0 Å². The number of rotatable bonds is 5. The molecule has 2 heterocycles. The molecule has 1 aromatic heterocycles. The highest BCUT2D eigenvalue weighted by Crippen LogP contribution is 2.32. The summed E-state index contributed by atoms with van der Waals surface area (Å²) >= 11 is 0. The van der Waals surface area contributed by atoms with Gasteiger partial charge in [0, 0.05) is 44.0 Å². The van der Waals surface area contributed by atoms with E-state index in [0.29, 0.717) is 13.0 Å². The maximum absolute atomic E-state index is 13.5. The van der Waals surface area contributed by atoms with E-state index in [0.717, 1.165) is 25.1 Å². The maximum Gasteiger partial charge on any atom is 0.123 e. The summed E-state index contributed by atoms with van der Waals surface area (Å²) in [5, 5.41) is 14.3. The van der Waals surface area contributed by atoms with E-state index in [1.807, 2.05) is 23.0 Å². The summed E-state index contributed by atoms with van der Waals surface area (Å²) in [5.41, 5.74) is 2.14. The van der Waals surface area contributed by atoms with Crippen molar-refractivity contribution in [3.05, 3.63) is 53.6 Å². The van der Waals surface area contributed by atoms with Crippen LogP contribution in [0, 0.1) is 5.82 Å². The van der Waals surface area contributed by atoms with E-state index in [2.05, 4.69) is 16.9 Å². The molecular formula is C17H22FN3O. The summed E-state index contributed by atoms with van der Waals surface area (Å²) in [4.78, 5) is 2.24. The zero-order chi connectivity index (χ0) is 15.5. The van der Waals surface area contributed by atoms with Gasteiger partial charge in [-0.2, -0.15) is 5.10 Å². The molecule has 22 heavy (non-hydrogen) atoms. The Morgan fingerprint density at radius 2 is 2.23 bits per heavy atom. The standard InChI is InChI=1S/C17H22FN3O/c1-2-21-15(6-8-19-21)7-9-20-12-16(22)11-17(20)13-4-3-5-14(18)10-13/h3-6,8,10,16-17,22H,2,7,9,11-12H2,1H3/t16-,17-/m0/s1. The van der Waals surface area contributed by atoms with Gasteiger partial charge in [0.1, 0.15) is 5.82 Å². The molecule has 5 heteroatoms. The smallest absolute Gasteiger partial charge is 0.123 e. The average Bonchev–Trinajstić information content (AvgIpc) is 3.10. The van der Waals surface area contributed by atoms with Crippen molar-refractivity contribution >= 4 is 0 Å². The number of β-amino-alcohol motifs (C(OH)–C–C–N with tert-alkyl or cyclic N) is 1. The van der Waals surface area contributed by atoms with E-state index in [9.17, 15) is 9.50 Å². The molecule has 1 aromatic carbocycles. The first-order chi connectivity index (χ1) is 10.7. The predicted molar refractivity (Wildman–Crippen MR) is 82.9 cm³/mol. The molecule has 0 amide bonds. The monoisotopic (exact) mass is 303 g/mol. The third-order valence-corrected chi connectivity index (χ3v) is 4.37. The molecule has 3 rings (SSSR count). The van der Waals surface area contributed by atoms with Crippen molar-refractivity contribution in [3.8, 4) is 0 Å². The quantitative estimate of drug-likeness (QED) is 0.922. The number of aryl methyl sites for hydroxylation is 1.